The Balaban J connectivity index is 2.44. The van der Waals surface area contributed by atoms with E-state index >= 15 is 0 Å². The molecule has 0 aliphatic heterocycles. The first-order valence-electron chi connectivity index (χ1n) is 5.66. The van der Waals surface area contributed by atoms with Gasteiger partial charge in [0, 0.05) is 23.2 Å². The fourth-order valence-electron chi connectivity index (χ4n) is 1.67. The van der Waals surface area contributed by atoms with Crippen molar-refractivity contribution in [2.45, 2.75) is 19.9 Å². The lowest BCUT2D eigenvalue weighted by molar-refractivity contribution is -0.396. The van der Waals surface area contributed by atoms with Crippen molar-refractivity contribution in [1.29, 1.82) is 0 Å². The van der Waals surface area contributed by atoms with Gasteiger partial charge in [-0.05, 0) is 31.5 Å². The number of aryl methyl sites for hydroxylation is 1. The molecule has 2 aromatic rings. The van der Waals surface area contributed by atoms with E-state index in [1.807, 2.05) is 13.0 Å². The van der Waals surface area contributed by atoms with Gasteiger partial charge in [0.15, 0.2) is 6.04 Å². The highest BCUT2D eigenvalue weighted by Gasteiger charge is 2.11. The SMILES string of the molecule is Cc1cc(=O)oc2cc(NC(=O)C(C)[NH3+])ccc12. The minimum absolute atomic E-state index is 0.177. The molecule has 1 amide bonds. The maximum absolute atomic E-state index is 11.5. The van der Waals surface area contributed by atoms with Gasteiger partial charge in [-0.25, -0.2) is 4.79 Å². The predicted molar refractivity (Wildman–Crippen MR) is 68.2 cm³/mol. The number of quaternary nitrogens is 1. The standard InChI is InChI=1S/C13H14N2O3/c1-7-5-12(16)18-11-6-9(3-4-10(7)11)15-13(17)8(2)14/h3-6,8H,14H2,1-2H3,(H,15,17)/p+1. The molecule has 5 nitrogen and oxygen atoms in total. The van der Waals surface area contributed by atoms with Crippen molar-refractivity contribution in [3.05, 3.63) is 40.2 Å². The van der Waals surface area contributed by atoms with E-state index in [1.165, 1.54) is 6.07 Å². The average Bonchev–Trinajstić information content (AvgIpc) is 2.27. The Morgan fingerprint density at radius 2 is 2.11 bits per heavy atom. The predicted octanol–water partition coefficient (Wildman–Crippen LogP) is 0.670. The molecule has 0 saturated carbocycles. The number of benzene rings is 1. The van der Waals surface area contributed by atoms with Crippen LogP contribution in [0.5, 0.6) is 0 Å². The Kier molecular flexibility index (Phi) is 3.16. The van der Waals surface area contributed by atoms with Crippen molar-refractivity contribution in [3.8, 4) is 0 Å². The number of carbonyl (C=O) groups is 1. The zero-order valence-electron chi connectivity index (χ0n) is 10.3. The van der Waals surface area contributed by atoms with Crippen molar-refractivity contribution in [2.24, 2.45) is 0 Å². The fourth-order valence-corrected chi connectivity index (χ4v) is 1.67. The van der Waals surface area contributed by atoms with E-state index in [0.29, 0.717) is 11.3 Å². The molecule has 2 rings (SSSR count). The van der Waals surface area contributed by atoms with Crippen molar-refractivity contribution < 1.29 is 14.9 Å². The molecule has 0 fully saturated rings. The summed E-state index contributed by atoms with van der Waals surface area (Å²) < 4.78 is 5.10. The summed E-state index contributed by atoms with van der Waals surface area (Å²) in [7, 11) is 0. The monoisotopic (exact) mass is 247 g/mol. The first-order valence-corrected chi connectivity index (χ1v) is 5.66. The third-order valence-corrected chi connectivity index (χ3v) is 2.67. The Morgan fingerprint density at radius 1 is 1.39 bits per heavy atom. The van der Waals surface area contributed by atoms with E-state index < -0.39 is 5.63 Å². The molecule has 1 aromatic carbocycles. The smallest absolute Gasteiger partial charge is 0.336 e. The molecule has 0 aliphatic carbocycles. The molecule has 0 saturated heterocycles. The average molecular weight is 247 g/mol. The van der Waals surface area contributed by atoms with Crippen LogP contribution < -0.4 is 16.7 Å². The van der Waals surface area contributed by atoms with Crippen LogP contribution in [0.4, 0.5) is 5.69 Å². The van der Waals surface area contributed by atoms with E-state index in [1.54, 1.807) is 19.1 Å². The van der Waals surface area contributed by atoms with Gasteiger partial charge in [-0.3, -0.25) is 4.79 Å². The molecular formula is C13H15N2O3+. The summed E-state index contributed by atoms with van der Waals surface area (Å²) in [5, 5.41) is 3.57. The van der Waals surface area contributed by atoms with Crippen molar-refractivity contribution in [1.82, 2.24) is 0 Å². The zero-order chi connectivity index (χ0) is 13.3. The molecule has 94 valence electrons. The molecule has 1 atom stereocenters. The van der Waals surface area contributed by atoms with E-state index in [4.69, 9.17) is 4.42 Å². The van der Waals surface area contributed by atoms with E-state index in [-0.39, 0.29) is 11.9 Å². The van der Waals surface area contributed by atoms with Gasteiger partial charge in [-0.15, -0.1) is 0 Å². The second-order valence-corrected chi connectivity index (χ2v) is 4.35. The molecule has 1 unspecified atom stereocenters. The highest BCUT2D eigenvalue weighted by atomic mass is 16.4. The lowest BCUT2D eigenvalue weighted by Gasteiger charge is -2.07. The minimum atomic E-state index is -0.394. The van der Waals surface area contributed by atoms with Crippen molar-refractivity contribution >= 4 is 22.6 Å². The van der Waals surface area contributed by atoms with Crippen LogP contribution >= 0.6 is 0 Å². The van der Waals surface area contributed by atoms with Crippen LogP contribution in [0.25, 0.3) is 11.0 Å². The summed E-state index contributed by atoms with van der Waals surface area (Å²) >= 11 is 0. The van der Waals surface area contributed by atoms with E-state index in [2.05, 4.69) is 11.1 Å². The lowest BCUT2D eigenvalue weighted by atomic mass is 10.1. The zero-order valence-corrected chi connectivity index (χ0v) is 10.3. The van der Waals surface area contributed by atoms with E-state index in [0.717, 1.165) is 10.9 Å². The molecule has 18 heavy (non-hydrogen) atoms. The number of rotatable bonds is 2. The Hall–Kier alpha value is -2.14. The number of amides is 1. The van der Waals surface area contributed by atoms with Crippen LogP contribution in [0.3, 0.4) is 0 Å². The van der Waals surface area contributed by atoms with E-state index in [9.17, 15) is 9.59 Å². The van der Waals surface area contributed by atoms with Crippen LogP contribution in [0.1, 0.15) is 12.5 Å². The van der Waals surface area contributed by atoms with Crippen LogP contribution in [0.15, 0.2) is 33.5 Å². The highest BCUT2D eigenvalue weighted by Crippen LogP contribution is 2.20. The lowest BCUT2D eigenvalue weighted by Crippen LogP contribution is -2.64. The third-order valence-electron chi connectivity index (χ3n) is 2.67. The number of hydrogen-bond acceptors (Lipinski definition) is 3. The molecule has 4 N–H and O–H groups in total. The molecule has 0 spiro atoms. The van der Waals surface area contributed by atoms with Gasteiger partial charge >= 0.3 is 5.63 Å². The second-order valence-electron chi connectivity index (χ2n) is 4.35. The normalized spacial score (nSPS) is 12.4. The molecule has 0 bridgehead atoms. The highest BCUT2D eigenvalue weighted by molar-refractivity contribution is 5.95. The summed E-state index contributed by atoms with van der Waals surface area (Å²) in [4.78, 5) is 22.8. The Labute approximate surface area is 104 Å². The van der Waals surface area contributed by atoms with Gasteiger partial charge < -0.3 is 15.5 Å². The number of fused-ring (bicyclic) bond motifs is 1. The molecule has 0 radical (unpaired) electrons. The number of anilines is 1. The minimum Gasteiger partial charge on any atom is -0.423 e. The Bertz CT molecular complexity index is 659. The summed E-state index contributed by atoms with van der Waals surface area (Å²) in [5.41, 5.74) is 5.16. The van der Waals surface area contributed by atoms with Crippen molar-refractivity contribution in [2.75, 3.05) is 5.32 Å². The first kappa shape index (κ1) is 12.3. The number of hydrogen-bond donors (Lipinski definition) is 2. The molecular weight excluding hydrogens is 232 g/mol. The largest absolute Gasteiger partial charge is 0.423 e. The second kappa shape index (κ2) is 4.62. The van der Waals surface area contributed by atoms with Gasteiger partial charge in [0.2, 0.25) is 0 Å². The number of carbonyl (C=O) groups excluding carboxylic acids is 1. The molecule has 1 aromatic heterocycles. The summed E-state index contributed by atoms with van der Waals surface area (Å²) in [6.07, 6.45) is 0. The topological polar surface area (TPSA) is 87.0 Å². The quantitative estimate of drug-likeness (QED) is 0.765. The third kappa shape index (κ3) is 2.41. The first-order chi connectivity index (χ1) is 8.47. The molecule has 5 heteroatoms. The maximum atomic E-state index is 11.5. The Morgan fingerprint density at radius 3 is 2.78 bits per heavy atom. The van der Waals surface area contributed by atoms with Crippen LogP contribution in [0.2, 0.25) is 0 Å². The van der Waals surface area contributed by atoms with Crippen molar-refractivity contribution in [3.63, 3.8) is 0 Å². The van der Waals surface area contributed by atoms with Gasteiger partial charge in [0.1, 0.15) is 5.58 Å². The summed E-state index contributed by atoms with van der Waals surface area (Å²) in [6.45, 7) is 3.55. The summed E-state index contributed by atoms with van der Waals surface area (Å²) in [5.74, 6) is -0.177. The van der Waals surface area contributed by atoms with Crippen LogP contribution in [0, 0.1) is 6.92 Å². The van der Waals surface area contributed by atoms with Gasteiger partial charge in [0.25, 0.3) is 5.91 Å². The van der Waals surface area contributed by atoms with Gasteiger partial charge in [-0.1, -0.05) is 0 Å². The molecule has 1 heterocycles. The maximum Gasteiger partial charge on any atom is 0.336 e. The fraction of sp³-hybridized carbons (Fsp3) is 0.231. The molecule has 0 aliphatic rings. The van der Waals surface area contributed by atoms with Crippen LogP contribution in [-0.2, 0) is 4.79 Å². The van der Waals surface area contributed by atoms with Gasteiger partial charge in [0.05, 0.1) is 0 Å². The summed E-state index contributed by atoms with van der Waals surface area (Å²) in [6, 6.07) is 6.33. The van der Waals surface area contributed by atoms with Crippen LogP contribution in [-0.4, -0.2) is 11.9 Å². The number of nitrogens with one attached hydrogen (secondary N) is 1. The van der Waals surface area contributed by atoms with Gasteiger partial charge in [-0.2, -0.15) is 0 Å².